The molecule has 4 heterocycles. The second-order valence-electron chi connectivity index (χ2n) is 7.46. The van der Waals surface area contributed by atoms with E-state index in [1.807, 2.05) is 18.2 Å². The fraction of sp³-hybridized carbons (Fsp3) is 0.318. The molecule has 1 aliphatic heterocycles. The predicted molar refractivity (Wildman–Crippen MR) is 132 cm³/mol. The Bertz CT molecular complexity index is 1190. The zero-order valence-corrected chi connectivity index (χ0v) is 19.5. The van der Waals surface area contributed by atoms with Crippen molar-refractivity contribution in [3.8, 4) is 0 Å². The molecule has 3 aromatic heterocycles. The first-order chi connectivity index (χ1) is 16.2. The summed E-state index contributed by atoms with van der Waals surface area (Å²) in [5.74, 6) is 4.10. The normalized spacial score (nSPS) is 14.6. The average molecular weight is 485 g/mol. The summed E-state index contributed by atoms with van der Waals surface area (Å²) in [6.45, 7) is 4.00. The molecule has 11 heteroatoms. The van der Waals surface area contributed by atoms with Gasteiger partial charge in [0.1, 0.15) is 17.2 Å². The summed E-state index contributed by atoms with van der Waals surface area (Å²) in [6, 6.07) is 14.0. The van der Waals surface area contributed by atoms with Crippen molar-refractivity contribution >= 4 is 57.0 Å². The Kier molecular flexibility index (Phi) is 6.91. The quantitative estimate of drug-likeness (QED) is 0.264. The first-order valence-corrected chi connectivity index (χ1v) is 12.9. The molecule has 172 valence electrons. The van der Waals surface area contributed by atoms with Crippen molar-refractivity contribution in [1.82, 2.24) is 13.7 Å². The minimum atomic E-state index is -1.62. The molecule has 5 rings (SSSR count). The number of thioether (sulfide) groups is 1. The van der Waals surface area contributed by atoms with Crippen LogP contribution in [0, 0.1) is 0 Å². The van der Waals surface area contributed by atoms with Gasteiger partial charge < -0.3 is 29.2 Å². The number of fused-ring (bicyclic) bond motifs is 1. The number of nitrogens with zero attached hydrogens (tertiary/aromatic N) is 4. The number of rotatable bonds is 9. The number of nitrogens with one attached hydrogen (secondary N) is 2. The van der Waals surface area contributed by atoms with Crippen molar-refractivity contribution in [2.75, 3.05) is 54.1 Å². The van der Waals surface area contributed by atoms with E-state index in [0.29, 0.717) is 24.0 Å². The molecular formula is C22H24N6O3S2. The molecule has 1 unspecified atom stereocenters. The van der Waals surface area contributed by atoms with Crippen LogP contribution in [0.25, 0.3) is 11.0 Å². The third-order valence-electron chi connectivity index (χ3n) is 5.19. The average Bonchev–Trinajstić information content (AvgIpc) is 3.41. The first-order valence-electron chi connectivity index (χ1n) is 10.7. The van der Waals surface area contributed by atoms with Gasteiger partial charge in [0.25, 0.3) is 0 Å². The van der Waals surface area contributed by atoms with E-state index in [9.17, 15) is 4.55 Å². The molecular weight excluding hydrogens is 460 g/mol. The van der Waals surface area contributed by atoms with E-state index < -0.39 is 11.1 Å². The largest absolute Gasteiger partial charge is 0.546 e. The Morgan fingerprint density at radius 1 is 1.09 bits per heavy atom. The predicted octanol–water partition coefficient (Wildman–Crippen LogP) is 4.27. The third kappa shape index (κ3) is 5.56. The van der Waals surface area contributed by atoms with Crippen LogP contribution < -0.4 is 15.5 Å². The third-order valence-corrected chi connectivity index (χ3v) is 6.85. The van der Waals surface area contributed by atoms with Crippen molar-refractivity contribution in [3.05, 3.63) is 54.4 Å². The fourth-order valence-electron chi connectivity index (χ4n) is 3.60. The number of ether oxygens (including phenoxy) is 1. The summed E-state index contributed by atoms with van der Waals surface area (Å²) >= 11 is 0.141. The molecule has 0 spiro atoms. The molecule has 0 aliphatic carbocycles. The lowest BCUT2D eigenvalue weighted by molar-refractivity contribution is 0.122. The van der Waals surface area contributed by atoms with E-state index in [0.717, 1.165) is 54.5 Å². The van der Waals surface area contributed by atoms with E-state index in [-0.39, 0.29) is 0 Å². The molecule has 1 atom stereocenters. The van der Waals surface area contributed by atoms with Crippen LogP contribution in [0.1, 0.15) is 5.76 Å². The van der Waals surface area contributed by atoms with Gasteiger partial charge >= 0.3 is 0 Å². The highest BCUT2D eigenvalue weighted by Gasteiger charge is 2.16. The Morgan fingerprint density at radius 3 is 2.82 bits per heavy atom. The number of hydrogen-bond donors (Lipinski definition) is 2. The van der Waals surface area contributed by atoms with Gasteiger partial charge in [0.05, 0.1) is 19.0 Å². The van der Waals surface area contributed by atoms with Crippen LogP contribution >= 0.6 is 22.9 Å². The van der Waals surface area contributed by atoms with E-state index in [1.165, 1.54) is 5.69 Å². The van der Waals surface area contributed by atoms with Crippen molar-refractivity contribution < 1.29 is 13.7 Å². The van der Waals surface area contributed by atoms with Crippen molar-refractivity contribution in [2.24, 2.45) is 0 Å². The first kappa shape index (κ1) is 22.0. The maximum Gasteiger partial charge on any atom is 0.238 e. The molecule has 33 heavy (non-hydrogen) atoms. The zero-order valence-electron chi connectivity index (χ0n) is 17.9. The van der Waals surface area contributed by atoms with Crippen LogP contribution in [0.4, 0.5) is 23.1 Å². The van der Waals surface area contributed by atoms with Gasteiger partial charge in [-0.25, -0.2) is 4.98 Å². The Labute approximate surface area is 198 Å². The summed E-state index contributed by atoms with van der Waals surface area (Å²) < 4.78 is 31.3. The summed E-state index contributed by atoms with van der Waals surface area (Å²) in [5, 5.41) is 7.37. The monoisotopic (exact) mass is 484 g/mol. The molecule has 0 bridgehead atoms. The van der Waals surface area contributed by atoms with Gasteiger partial charge in [-0.1, -0.05) is 6.07 Å². The number of morpholine rings is 1. The van der Waals surface area contributed by atoms with E-state index in [2.05, 4.69) is 53.5 Å². The Morgan fingerprint density at radius 2 is 1.97 bits per heavy atom. The van der Waals surface area contributed by atoms with E-state index >= 15 is 0 Å². The molecule has 4 aromatic rings. The van der Waals surface area contributed by atoms with E-state index in [1.54, 1.807) is 18.0 Å². The number of anilines is 4. The minimum absolute atomic E-state index is 0.436. The molecule has 1 saturated heterocycles. The summed E-state index contributed by atoms with van der Waals surface area (Å²) in [5.41, 5.74) is 2.09. The van der Waals surface area contributed by atoms with Gasteiger partial charge in [-0.05, 0) is 30.3 Å². The number of furan rings is 1. The molecule has 1 aliphatic rings. The number of hydrogen-bond acceptors (Lipinski definition) is 10. The topological polar surface area (TPSA) is 111 Å². The van der Waals surface area contributed by atoms with Gasteiger partial charge in [-0.3, -0.25) is 0 Å². The highest BCUT2D eigenvalue weighted by molar-refractivity contribution is 7.98. The summed E-state index contributed by atoms with van der Waals surface area (Å²) in [7, 11) is 0. The van der Waals surface area contributed by atoms with Gasteiger partial charge in [0.15, 0.2) is 11.1 Å². The minimum Gasteiger partial charge on any atom is -0.546 e. The fourth-order valence-corrected chi connectivity index (χ4v) is 4.97. The second kappa shape index (κ2) is 10.4. The Hall–Kier alpha value is -2.86. The number of aromatic nitrogens is 3. The molecule has 0 radical (unpaired) electrons. The van der Waals surface area contributed by atoms with Crippen molar-refractivity contribution in [2.45, 2.75) is 5.75 Å². The van der Waals surface area contributed by atoms with Gasteiger partial charge in [0.2, 0.25) is 11.6 Å². The maximum atomic E-state index is 11.7. The molecule has 9 nitrogen and oxygen atoms in total. The molecule has 0 saturated carbocycles. The van der Waals surface area contributed by atoms with Crippen LogP contribution in [0.15, 0.2) is 53.1 Å². The molecule has 0 amide bonds. The number of benzene rings is 1. The van der Waals surface area contributed by atoms with Gasteiger partial charge in [-0.15, -0.1) is 0 Å². The van der Waals surface area contributed by atoms with Crippen LogP contribution in [0.5, 0.6) is 0 Å². The van der Waals surface area contributed by atoms with Gasteiger partial charge in [0, 0.05) is 57.5 Å². The van der Waals surface area contributed by atoms with Crippen molar-refractivity contribution in [1.29, 1.82) is 0 Å². The number of pyridine rings is 1. The molecule has 2 N–H and O–H groups in total. The zero-order chi connectivity index (χ0) is 22.5. The van der Waals surface area contributed by atoms with Crippen LogP contribution in [0.3, 0.4) is 0 Å². The highest BCUT2D eigenvalue weighted by atomic mass is 32.2. The standard InChI is InChI=1S/C22H24N6O3S2/c29-33-26-21(22(27-33)25-20-3-1-2-6-23-20)24-7-12-32-15-18-13-16-4-5-17(14-19(16)31-18)28-8-10-30-11-9-28/h1-6,13-14H,7-12,15H2,(H,24,26)(H,23,25,27). The van der Waals surface area contributed by atoms with Crippen molar-refractivity contribution in [3.63, 3.8) is 0 Å². The lowest BCUT2D eigenvalue weighted by atomic mass is 10.2. The Balaban J connectivity index is 1.12. The van der Waals surface area contributed by atoms with Gasteiger partial charge in [-0.2, -0.15) is 11.8 Å². The lowest BCUT2D eigenvalue weighted by Crippen LogP contribution is -2.36. The highest BCUT2D eigenvalue weighted by Crippen LogP contribution is 2.28. The smallest absolute Gasteiger partial charge is 0.238 e. The maximum absolute atomic E-state index is 11.7. The van der Waals surface area contributed by atoms with E-state index in [4.69, 9.17) is 9.15 Å². The summed E-state index contributed by atoms with van der Waals surface area (Å²) in [6.07, 6.45) is 1.68. The second-order valence-corrected chi connectivity index (χ2v) is 9.40. The van der Waals surface area contributed by atoms with Crippen LogP contribution in [-0.4, -0.2) is 56.9 Å². The summed E-state index contributed by atoms with van der Waals surface area (Å²) in [4.78, 5) is 6.52. The molecule has 1 fully saturated rings. The SMILES string of the molecule is [O-][s+]1nc(NCCSCc2cc3ccc(N4CCOCC4)cc3o2)c(Nc2ccccn2)n1. The lowest BCUT2D eigenvalue weighted by Gasteiger charge is -2.28. The van der Waals surface area contributed by atoms with Crippen LogP contribution in [0.2, 0.25) is 0 Å². The molecule has 1 aromatic carbocycles. The van der Waals surface area contributed by atoms with Crippen LogP contribution in [-0.2, 0) is 10.5 Å².